The zero-order valence-corrected chi connectivity index (χ0v) is 8.80. The van der Waals surface area contributed by atoms with Gasteiger partial charge in [-0.15, -0.1) is 0 Å². The summed E-state index contributed by atoms with van der Waals surface area (Å²) in [6.45, 7) is 2.08. The van der Waals surface area contributed by atoms with Crippen LogP contribution in [-0.4, -0.2) is 28.0 Å². The molecule has 0 radical (unpaired) electrons. The highest BCUT2D eigenvalue weighted by Gasteiger charge is 2.17. The minimum atomic E-state index is -0.853. The predicted octanol–water partition coefficient (Wildman–Crippen LogP) is 0.799. The number of pyridine rings is 1. The van der Waals surface area contributed by atoms with Crippen molar-refractivity contribution >= 4 is 10.8 Å². The van der Waals surface area contributed by atoms with Crippen molar-refractivity contribution < 1.29 is 4.21 Å². The maximum Gasteiger partial charge on any atom is 0.0533 e. The quantitative estimate of drug-likeness (QED) is 0.802. The molecule has 3 nitrogen and oxygen atoms in total. The first-order chi connectivity index (χ1) is 6.86. The zero-order chi connectivity index (χ0) is 9.80. The van der Waals surface area contributed by atoms with Gasteiger partial charge >= 0.3 is 0 Å². The fourth-order valence-electron chi connectivity index (χ4n) is 1.66. The lowest BCUT2D eigenvalue weighted by Gasteiger charge is -2.07. The van der Waals surface area contributed by atoms with E-state index in [9.17, 15) is 4.21 Å². The summed E-state index contributed by atoms with van der Waals surface area (Å²) >= 11 is 0. The third-order valence-corrected chi connectivity index (χ3v) is 4.03. The molecule has 2 heterocycles. The summed E-state index contributed by atoms with van der Waals surface area (Å²) < 4.78 is 11.9. The molecular weight excluding hydrogens is 196 g/mol. The molecule has 1 saturated heterocycles. The second kappa shape index (κ2) is 4.66. The van der Waals surface area contributed by atoms with E-state index >= 15 is 0 Å². The molecule has 14 heavy (non-hydrogen) atoms. The average molecular weight is 210 g/mol. The average Bonchev–Trinajstić information content (AvgIpc) is 2.72. The SMILES string of the molecule is O=S(CC1CCNC1)c1ccncc1. The van der Waals surface area contributed by atoms with Gasteiger partial charge < -0.3 is 5.32 Å². The van der Waals surface area contributed by atoms with Crippen molar-refractivity contribution in [2.24, 2.45) is 5.92 Å². The smallest absolute Gasteiger partial charge is 0.0533 e. The molecule has 0 spiro atoms. The fourth-order valence-corrected chi connectivity index (χ4v) is 2.99. The highest BCUT2D eigenvalue weighted by Crippen LogP contribution is 2.13. The van der Waals surface area contributed by atoms with Gasteiger partial charge in [-0.05, 0) is 37.6 Å². The van der Waals surface area contributed by atoms with E-state index in [1.54, 1.807) is 12.4 Å². The molecule has 2 atom stereocenters. The van der Waals surface area contributed by atoms with Crippen molar-refractivity contribution in [3.8, 4) is 0 Å². The predicted molar refractivity (Wildman–Crippen MR) is 56.5 cm³/mol. The minimum Gasteiger partial charge on any atom is -0.316 e. The Kier molecular flexibility index (Phi) is 3.26. The number of hydrogen-bond acceptors (Lipinski definition) is 3. The third-order valence-electron chi connectivity index (χ3n) is 2.46. The minimum absolute atomic E-state index is 0.573. The molecule has 1 aromatic rings. The summed E-state index contributed by atoms with van der Waals surface area (Å²) in [4.78, 5) is 4.81. The molecule has 76 valence electrons. The molecule has 1 N–H and O–H groups in total. The molecule has 1 aromatic heterocycles. The molecule has 0 bridgehead atoms. The maximum atomic E-state index is 11.9. The Labute approximate surface area is 86.4 Å². The van der Waals surface area contributed by atoms with Crippen LogP contribution in [0.15, 0.2) is 29.4 Å². The number of aromatic nitrogens is 1. The second-order valence-electron chi connectivity index (χ2n) is 3.55. The van der Waals surface area contributed by atoms with Crippen molar-refractivity contribution in [3.63, 3.8) is 0 Å². The molecule has 1 fully saturated rings. The first-order valence-electron chi connectivity index (χ1n) is 4.85. The highest BCUT2D eigenvalue weighted by atomic mass is 32.2. The van der Waals surface area contributed by atoms with Gasteiger partial charge in [0.05, 0.1) is 10.8 Å². The van der Waals surface area contributed by atoms with E-state index in [1.807, 2.05) is 12.1 Å². The summed E-state index contributed by atoms with van der Waals surface area (Å²) in [5.41, 5.74) is 0. The van der Waals surface area contributed by atoms with Gasteiger partial charge in [-0.1, -0.05) is 0 Å². The summed E-state index contributed by atoms with van der Waals surface area (Å²) in [5.74, 6) is 1.35. The van der Waals surface area contributed by atoms with Crippen LogP contribution in [0.25, 0.3) is 0 Å². The van der Waals surface area contributed by atoms with E-state index in [0.29, 0.717) is 5.92 Å². The first-order valence-corrected chi connectivity index (χ1v) is 6.17. The lowest BCUT2D eigenvalue weighted by molar-refractivity contribution is 0.633. The Hall–Kier alpha value is -0.740. The van der Waals surface area contributed by atoms with E-state index in [1.165, 1.54) is 0 Å². The summed E-state index contributed by atoms with van der Waals surface area (Å²) in [5, 5.41) is 3.28. The zero-order valence-electron chi connectivity index (χ0n) is 7.98. The van der Waals surface area contributed by atoms with Crippen LogP contribution in [0.3, 0.4) is 0 Å². The van der Waals surface area contributed by atoms with Crippen LogP contribution in [0.4, 0.5) is 0 Å². The lowest BCUT2D eigenvalue weighted by atomic mass is 10.2. The first kappa shape index (κ1) is 9.80. The van der Waals surface area contributed by atoms with E-state index in [4.69, 9.17) is 0 Å². The molecule has 1 aliphatic rings. The van der Waals surface area contributed by atoms with Crippen LogP contribution in [0.5, 0.6) is 0 Å². The fraction of sp³-hybridized carbons (Fsp3) is 0.500. The van der Waals surface area contributed by atoms with E-state index < -0.39 is 10.8 Å². The van der Waals surface area contributed by atoms with Crippen LogP contribution >= 0.6 is 0 Å². The van der Waals surface area contributed by atoms with Crippen molar-refractivity contribution in [1.82, 2.24) is 10.3 Å². The molecule has 0 saturated carbocycles. The van der Waals surface area contributed by atoms with E-state index in [-0.39, 0.29) is 0 Å². The van der Waals surface area contributed by atoms with Crippen LogP contribution in [-0.2, 0) is 10.8 Å². The molecule has 0 aromatic carbocycles. The van der Waals surface area contributed by atoms with Crippen LogP contribution in [0.1, 0.15) is 6.42 Å². The highest BCUT2D eigenvalue weighted by molar-refractivity contribution is 7.85. The van der Waals surface area contributed by atoms with Gasteiger partial charge in [-0.2, -0.15) is 0 Å². The molecule has 4 heteroatoms. The molecular formula is C10H14N2OS. The molecule has 2 rings (SSSR count). The Bertz CT molecular complexity index is 309. The van der Waals surface area contributed by atoms with E-state index in [0.717, 1.165) is 30.2 Å². The summed E-state index contributed by atoms with van der Waals surface area (Å²) in [7, 11) is -0.853. The Morgan fingerprint density at radius 3 is 2.93 bits per heavy atom. The molecule has 2 unspecified atom stereocenters. The van der Waals surface area contributed by atoms with Gasteiger partial charge in [0.25, 0.3) is 0 Å². The van der Waals surface area contributed by atoms with Gasteiger partial charge in [0.1, 0.15) is 0 Å². The van der Waals surface area contributed by atoms with Gasteiger partial charge in [-0.25, -0.2) is 0 Å². The third kappa shape index (κ3) is 2.39. The number of nitrogens with one attached hydrogen (secondary N) is 1. The number of nitrogens with zero attached hydrogens (tertiary/aromatic N) is 1. The second-order valence-corrected chi connectivity index (χ2v) is 5.05. The monoisotopic (exact) mass is 210 g/mol. The van der Waals surface area contributed by atoms with Crippen molar-refractivity contribution in [2.75, 3.05) is 18.8 Å². The van der Waals surface area contributed by atoms with Crippen LogP contribution < -0.4 is 5.32 Å². The number of hydrogen-bond donors (Lipinski definition) is 1. The standard InChI is InChI=1S/C10H14N2OS/c13-14(8-9-1-4-12-7-9)10-2-5-11-6-3-10/h2-3,5-6,9,12H,1,4,7-8H2. The van der Waals surface area contributed by atoms with Crippen molar-refractivity contribution in [1.29, 1.82) is 0 Å². The van der Waals surface area contributed by atoms with Gasteiger partial charge in [0.2, 0.25) is 0 Å². The largest absolute Gasteiger partial charge is 0.316 e. The Balaban J connectivity index is 1.95. The molecule has 0 aliphatic carbocycles. The Morgan fingerprint density at radius 2 is 2.29 bits per heavy atom. The topological polar surface area (TPSA) is 42.0 Å². The van der Waals surface area contributed by atoms with Gasteiger partial charge in [-0.3, -0.25) is 9.19 Å². The molecule has 1 aliphatic heterocycles. The van der Waals surface area contributed by atoms with Crippen molar-refractivity contribution in [3.05, 3.63) is 24.5 Å². The Morgan fingerprint density at radius 1 is 1.50 bits per heavy atom. The maximum absolute atomic E-state index is 11.9. The number of rotatable bonds is 3. The van der Waals surface area contributed by atoms with Crippen LogP contribution in [0.2, 0.25) is 0 Å². The van der Waals surface area contributed by atoms with Gasteiger partial charge in [0, 0.05) is 23.0 Å². The molecule has 0 amide bonds. The van der Waals surface area contributed by atoms with Crippen molar-refractivity contribution in [2.45, 2.75) is 11.3 Å². The summed E-state index contributed by atoms with van der Waals surface area (Å²) in [6, 6.07) is 3.66. The summed E-state index contributed by atoms with van der Waals surface area (Å²) in [6.07, 6.45) is 4.54. The normalized spacial score (nSPS) is 23.6. The van der Waals surface area contributed by atoms with Crippen LogP contribution in [0, 0.1) is 5.92 Å². The van der Waals surface area contributed by atoms with Gasteiger partial charge in [0.15, 0.2) is 0 Å². The lowest BCUT2D eigenvalue weighted by Crippen LogP contribution is -2.15. The van der Waals surface area contributed by atoms with E-state index in [2.05, 4.69) is 10.3 Å².